The van der Waals surface area contributed by atoms with Gasteiger partial charge in [0.15, 0.2) is 69.8 Å². The fourth-order valence-electron chi connectivity index (χ4n) is 13.4. The predicted octanol–water partition coefficient (Wildman–Crippen LogP) is 12.4. The molecule has 16 rings (SSSR count). The summed E-state index contributed by atoms with van der Waals surface area (Å²) in [6.07, 6.45) is 8.10. The predicted molar refractivity (Wildman–Crippen MR) is 411 cm³/mol. The molecule has 118 heavy (non-hydrogen) atoms. The van der Waals surface area contributed by atoms with Gasteiger partial charge >= 0.3 is 6.18 Å². The number of aromatic amines is 4. The Hall–Kier alpha value is -11.9. The topological polar surface area (TPSA) is 347 Å². The first-order valence-electron chi connectivity index (χ1n) is 35.8. The number of H-pyrrole nitrogens is 4. The maximum atomic E-state index is 14.6. The molecule has 0 aromatic carbocycles. The van der Waals surface area contributed by atoms with Crippen LogP contribution in [0.15, 0.2) is 111 Å². The summed E-state index contributed by atoms with van der Waals surface area (Å²) in [6, 6.07) is 2.53. The lowest BCUT2D eigenvalue weighted by Gasteiger charge is -2.25. The third kappa shape index (κ3) is 19.1. The fraction of sp³-hybridized carbons (Fsp3) is 0.315. The molecule has 0 saturated carbocycles. The molecule has 618 valence electrons. The fourth-order valence-corrected chi connectivity index (χ4v) is 14.1. The van der Waals surface area contributed by atoms with Crippen LogP contribution in [0.2, 0.25) is 20.1 Å². The minimum Gasteiger partial charge on any atom is -0.354 e. The summed E-state index contributed by atoms with van der Waals surface area (Å²) in [5.41, 5.74) is 4.27. The maximum absolute atomic E-state index is 14.6. The van der Waals surface area contributed by atoms with E-state index in [-0.39, 0.29) is 104 Å². The van der Waals surface area contributed by atoms with E-state index in [1.54, 1.807) is 60.4 Å². The molecule has 0 bridgehead atoms. The van der Waals surface area contributed by atoms with Gasteiger partial charge in [0.2, 0.25) is 23.6 Å². The van der Waals surface area contributed by atoms with Gasteiger partial charge in [-0.3, -0.25) is 19.2 Å². The van der Waals surface area contributed by atoms with Crippen molar-refractivity contribution in [3.63, 3.8) is 0 Å². The Balaban J connectivity index is 0.000000136. The van der Waals surface area contributed by atoms with Crippen LogP contribution in [-0.2, 0) is 19.2 Å². The monoisotopic (exact) mass is 1730 g/mol. The first-order valence-corrected chi connectivity index (χ1v) is 37.3. The maximum Gasteiger partial charge on any atom is 0.405 e. The number of amides is 4. The van der Waals surface area contributed by atoms with Crippen molar-refractivity contribution >= 4 is 137 Å². The van der Waals surface area contributed by atoms with E-state index in [0.29, 0.717) is 93.0 Å². The Morgan fingerprint density at radius 2 is 0.788 bits per heavy atom. The van der Waals surface area contributed by atoms with E-state index in [9.17, 15) is 76.3 Å². The molecule has 3 saturated heterocycles. The van der Waals surface area contributed by atoms with Gasteiger partial charge in [0, 0.05) is 132 Å². The summed E-state index contributed by atoms with van der Waals surface area (Å²) in [7, 11) is 0. The van der Waals surface area contributed by atoms with Crippen LogP contribution in [0.3, 0.4) is 0 Å². The Kier molecular flexibility index (Phi) is 25.9. The number of hydrogen-bond donors (Lipinski definition) is 8. The summed E-state index contributed by atoms with van der Waals surface area (Å²) in [5, 5.41) is 13.1. The molecule has 8 N–H and O–H groups in total. The molecule has 0 spiro atoms. The average Bonchev–Trinajstić information content (AvgIpc) is 1.63. The van der Waals surface area contributed by atoms with Crippen molar-refractivity contribution in [2.24, 2.45) is 0 Å². The van der Waals surface area contributed by atoms with Crippen molar-refractivity contribution in [1.82, 2.24) is 101 Å². The molecule has 3 fully saturated rings. The zero-order chi connectivity index (χ0) is 84.0. The molecule has 16 heterocycles. The lowest BCUT2D eigenvalue weighted by molar-refractivity contribution is -0.138. The Bertz CT molecular complexity index is 5560. The molecule has 45 heteroatoms. The third-order valence-corrected chi connectivity index (χ3v) is 19.5. The number of carbonyl (C=O) groups is 4. The van der Waals surface area contributed by atoms with Gasteiger partial charge in [0.1, 0.15) is 78.5 Å². The van der Waals surface area contributed by atoms with Gasteiger partial charge in [-0.05, 0) is 30.7 Å². The number of anilines is 4. The van der Waals surface area contributed by atoms with Crippen LogP contribution in [0.1, 0.15) is 32.6 Å². The zero-order valence-corrected chi connectivity index (χ0v) is 63.9. The van der Waals surface area contributed by atoms with Gasteiger partial charge < -0.3 is 60.8 Å². The second kappa shape index (κ2) is 36.3. The highest BCUT2D eigenvalue weighted by atomic mass is 35.5. The van der Waals surface area contributed by atoms with Gasteiger partial charge in [0.25, 0.3) is 6.43 Å². The Morgan fingerprint density at radius 3 is 1.10 bits per heavy atom. The van der Waals surface area contributed by atoms with Crippen molar-refractivity contribution in [1.29, 1.82) is 0 Å². The number of rotatable bonds is 19. The van der Waals surface area contributed by atoms with Crippen molar-refractivity contribution < 1.29 is 76.3 Å². The SMILES string of the molecule is CCCNC(=O)[C@H]1C[C@H](F)CN1c1nc(-c2c[nH]c3ncc(Cl)cc23)ncc1F.O=C(NCC(F)(F)F)[C@H]1C=CCN1c1nc(-c2c[nH]c3ncc(Cl)cc23)ncc1F.O=C(NCC(F)F)[C@H]1C[C@@H](F)CN1c1nc(-c2c[nH]c3ncc(Cl)cc23)ncc1F.O=C(NCCF)[C@H]1C[C@H](F)CN1c1nc(-c2c[nH]c3ncc(Cl)cc23)ncc1F. The van der Waals surface area contributed by atoms with E-state index >= 15 is 0 Å². The molecular formula is C73H63Cl4F13N24O4. The van der Waals surface area contributed by atoms with Crippen LogP contribution >= 0.6 is 46.4 Å². The van der Waals surface area contributed by atoms with Crippen LogP contribution in [0.25, 0.3) is 89.7 Å². The number of pyridine rings is 4. The summed E-state index contributed by atoms with van der Waals surface area (Å²) >= 11 is 24.0. The van der Waals surface area contributed by atoms with Crippen molar-refractivity contribution in [2.75, 3.05) is 78.6 Å². The number of nitrogens with one attached hydrogen (secondary N) is 8. The highest BCUT2D eigenvalue weighted by Gasteiger charge is 2.43. The van der Waals surface area contributed by atoms with Gasteiger partial charge in [-0.2, -0.15) is 13.2 Å². The van der Waals surface area contributed by atoms with Crippen LogP contribution in [0, 0.1) is 23.3 Å². The minimum absolute atomic E-state index is 0.0130. The summed E-state index contributed by atoms with van der Waals surface area (Å²) in [5.74, 6) is -5.98. The number of alkyl halides is 9. The molecule has 12 aromatic rings. The molecule has 28 nitrogen and oxygen atoms in total. The molecular weight excluding hydrogens is 1670 g/mol. The molecule has 4 amide bonds. The van der Waals surface area contributed by atoms with E-state index in [2.05, 4.69) is 90.4 Å². The first-order chi connectivity index (χ1) is 56.5. The summed E-state index contributed by atoms with van der Waals surface area (Å²) in [6.45, 7) is -1.43. The Labute approximate surface area is 677 Å². The highest BCUT2D eigenvalue weighted by Crippen LogP contribution is 2.38. The molecule has 4 aliphatic heterocycles. The van der Waals surface area contributed by atoms with E-state index in [4.69, 9.17) is 46.4 Å². The third-order valence-electron chi connectivity index (χ3n) is 18.7. The summed E-state index contributed by atoms with van der Waals surface area (Å²) < 4.78 is 175. The smallest absolute Gasteiger partial charge is 0.354 e. The zero-order valence-electron chi connectivity index (χ0n) is 60.9. The number of carbonyl (C=O) groups excluding carboxylic acids is 4. The van der Waals surface area contributed by atoms with Gasteiger partial charge in [-0.25, -0.2) is 104 Å². The molecule has 0 aliphatic carbocycles. The van der Waals surface area contributed by atoms with Crippen LogP contribution in [-0.4, -0.2) is 218 Å². The largest absolute Gasteiger partial charge is 0.405 e. The van der Waals surface area contributed by atoms with Gasteiger partial charge in [-0.1, -0.05) is 65.5 Å². The molecule has 4 aliphatic rings. The molecule has 7 atom stereocenters. The molecule has 12 aromatic heterocycles. The number of nitrogens with zero attached hydrogens (tertiary/aromatic N) is 16. The second-order valence-electron chi connectivity index (χ2n) is 26.7. The first kappa shape index (κ1) is 84.1. The number of aromatic nitrogens is 16. The molecule has 0 radical (unpaired) electrons. The minimum atomic E-state index is -4.55. The normalized spacial score (nSPS) is 18.4. The van der Waals surface area contributed by atoms with E-state index in [0.717, 1.165) is 36.1 Å². The molecule has 0 unspecified atom stereocenters. The van der Waals surface area contributed by atoms with Gasteiger partial charge in [0.05, 0.1) is 71.1 Å². The van der Waals surface area contributed by atoms with Crippen molar-refractivity contribution in [2.45, 2.75) is 87.9 Å². The lowest BCUT2D eigenvalue weighted by atomic mass is 10.2. The number of hydrogen-bond acceptors (Lipinski definition) is 20. The number of fused-ring (bicyclic) bond motifs is 4. The number of halogens is 17. The van der Waals surface area contributed by atoms with Gasteiger partial charge in [-0.15, -0.1) is 0 Å². The van der Waals surface area contributed by atoms with E-state index in [1.165, 1.54) is 45.6 Å². The van der Waals surface area contributed by atoms with Crippen LogP contribution < -0.4 is 40.9 Å². The second-order valence-corrected chi connectivity index (χ2v) is 28.5. The lowest BCUT2D eigenvalue weighted by Crippen LogP contribution is -2.46. The van der Waals surface area contributed by atoms with Crippen LogP contribution in [0.4, 0.5) is 80.3 Å². The standard InChI is InChI=1S/C19H19ClF2N6O.C18H15ClF4N6O.C18H13ClF4N6O.C18H16ClF3N6O/c1-2-3-23-19(29)15-5-11(21)9-28(15)18-14(22)8-26-17(27-18)13-7-25-16-12(13)4-10(20)6-24-16;19-8-1-10-11(4-25-15(10)24-3-8)16-26-5-12(21)17(28-16)29-7-9(20)2-13(29)18(30)27-6-14(22)23;19-9-4-10-11(6-25-14(10)24-5-9)15-26-7-12(20)16(28-15)29-3-1-2-13(29)17(30)27-8-18(21,22)23;19-9-3-11-12(6-25-15(11)24-5-9)16-26-7-13(22)17(27-16)28-8-10(21)4-14(28)18(29)23-2-1-20/h4,6-8,11,15H,2-3,5,9H2,1H3,(H,23,29)(H,24,25);1,3-5,9,13-14H,2,6-7H2,(H,24,25)(H,27,30);1-2,4-7,13H,3,8H2,(H,24,25)(H,27,30);3,5-7,10,14H,1-2,4,8H2,(H,23,29)(H,24,25)/t11-,15+;9-,13-;13-;10-,14+/m0110/s1. The van der Waals surface area contributed by atoms with Crippen LogP contribution in [0.5, 0.6) is 0 Å². The van der Waals surface area contributed by atoms with E-state index in [1.807, 2.05) is 12.2 Å². The van der Waals surface area contributed by atoms with E-state index < -0.39 is 116 Å². The quantitative estimate of drug-likeness (QED) is 0.0275. The van der Waals surface area contributed by atoms with Crippen molar-refractivity contribution in [3.05, 3.63) is 154 Å². The average molecular weight is 1730 g/mol. The highest BCUT2D eigenvalue weighted by molar-refractivity contribution is 6.32. The Morgan fingerprint density at radius 1 is 0.466 bits per heavy atom. The summed E-state index contributed by atoms with van der Waals surface area (Å²) in [4.78, 5) is 116. The van der Waals surface area contributed by atoms with Crippen molar-refractivity contribution in [3.8, 4) is 45.6 Å².